The highest BCUT2D eigenvalue weighted by molar-refractivity contribution is 6.06. The number of carboxylic acids is 1. The summed E-state index contributed by atoms with van der Waals surface area (Å²) in [5, 5.41) is 9.63. The first kappa shape index (κ1) is 24.9. The molecule has 0 saturated heterocycles. The van der Waals surface area contributed by atoms with Crippen molar-refractivity contribution in [3.05, 3.63) is 59.4 Å². The van der Waals surface area contributed by atoms with Crippen molar-refractivity contribution in [2.24, 2.45) is 5.92 Å². The molecular weight excluding hydrogens is 414 g/mol. The summed E-state index contributed by atoms with van der Waals surface area (Å²) in [6.45, 7) is 7.71. The number of carboxylic acid groups (broad SMARTS) is 1. The molecule has 1 amide bonds. The van der Waals surface area contributed by atoms with Crippen molar-refractivity contribution in [1.82, 2.24) is 9.88 Å². The van der Waals surface area contributed by atoms with Crippen LogP contribution in [0.4, 0.5) is 5.69 Å². The highest BCUT2D eigenvalue weighted by Gasteiger charge is 2.23. The predicted molar refractivity (Wildman–Crippen MR) is 132 cm³/mol. The van der Waals surface area contributed by atoms with Crippen LogP contribution in [0.15, 0.2) is 42.7 Å². The SMILES string of the molecule is CCC(CC)CN1CCCCCCCN(C(=O)c2ccncc2)c2ccc(C(=O)O)cc2C1. The molecule has 0 spiro atoms. The minimum Gasteiger partial charge on any atom is -0.478 e. The number of anilines is 1. The summed E-state index contributed by atoms with van der Waals surface area (Å²) >= 11 is 0. The number of carbonyl (C=O) groups excluding carboxylic acids is 1. The van der Waals surface area contributed by atoms with Crippen LogP contribution in [-0.2, 0) is 6.54 Å². The van der Waals surface area contributed by atoms with Crippen LogP contribution in [0, 0.1) is 5.92 Å². The molecule has 6 heteroatoms. The fourth-order valence-electron chi connectivity index (χ4n) is 4.61. The van der Waals surface area contributed by atoms with Gasteiger partial charge in [0, 0.05) is 43.3 Å². The normalized spacial score (nSPS) is 16.0. The van der Waals surface area contributed by atoms with E-state index in [0.717, 1.165) is 56.4 Å². The van der Waals surface area contributed by atoms with Crippen molar-refractivity contribution in [3.8, 4) is 0 Å². The van der Waals surface area contributed by atoms with E-state index >= 15 is 0 Å². The summed E-state index contributed by atoms with van der Waals surface area (Å²) in [5.74, 6) is -0.397. The number of aromatic carboxylic acids is 1. The lowest BCUT2D eigenvalue weighted by Crippen LogP contribution is -2.35. The second-order valence-corrected chi connectivity index (χ2v) is 9.03. The van der Waals surface area contributed by atoms with Crippen LogP contribution in [0.25, 0.3) is 0 Å². The standard InChI is InChI=1S/C27H37N3O3/c1-3-21(4-2)19-29-16-8-6-5-7-9-17-30(26(31)22-12-14-28-15-13-22)25-11-10-23(27(32)33)18-24(25)20-29/h10-15,18,21H,3-9,16-17,19-20H2,1-2H3,(H,32,33). The molecule has 6 nitrogen and oxygen atoms in total. The van der Waals surface area contributed by atoms with Crippen LogP contribution in [0.3, 0.4) is 0 Å². The van der Waals surface area contributed by atoms with Gasteiger partial charge in [-0.15, -0.1) is 0 Å². The molecule has 0 aliphatic carbocycles. The van der Waals surface area contributed by atoms with Crippen molar-refractivity contribution < 1.29 is 14.7 Å². The molecule has 178 valence electrons. The van der Waals surface area contributed by atoms with Crippen LogP contribution in [0.5, 0.6) is 0 Å². The minimum absolute atomic E-state index is 0.0645. The van der Waals surface area contributed by atoms with E-state index in [9.17, 15) is 14.7 Å². The molecule has 0 saturated carbocycles. The second-order valence-electron chi connectivity index (χ2n) is 9.03. The lowest BCUT2D eigenvalue weighted by molar-refractivity contribution is 0.0696. The number of hydrogen-bond acceptors (Lipinski definition) is 4. The Kier molecular flexibility index (Phi) is 9.43. The number of benzene rings is 1. The van der Waals surface area contributed by atoms with Gasteiger partial charge in [0.2, 0.25) is 0 Å². The van der Waals surface area contributed by atoms with Crippen LogP contribution >= 0.6 is 0 Å². The van der Waals surface area contributed by atoms with E-state index in [2.05, 4.69) is 23.7 Å². The molecule has 0 radical (unpaired) electrons. The van der Waals surface area contributed by atoms with E-state index in [4.69, 9.17) is 0 Å². The Morgan fingerprint density at radius 1 is 0.939 bits per heavy atom. The second kappa shape index (κ2) is 12.5. The number of nitrogens with zero attached hydrogens (tertiary/aromatic N) is 3. The van der Waals surface area contributed by atoms with Gasteiger partial charge in [0.15, 0.2) is 0 Å². The van der Waals surface area contributed by atoms with Crippen LogP contribution in [-0.4, -0.2) is 46.5 Å². The number of fused-ring (bicyclic) bond motifs is 1. The molecule has 1 aliphatic rings. The summed E-state index contributed by atoms with van der Waals surface area (Å²) in [6.07, 6.45) is 11.0. The van der Waals surface area contributed by atoms with Gasteiger partial charge in [-0.25, -0.2) is 4.79 Å². The summed E-state index contributed by atoms with van der Waals surface area (Å²) in [7, 11) is 0. The first-order chi connectivity index (χ1) is 16.0. The van der Waals surface area contributed by atoms with Gasteiger partial charge in [0.25, 0.3) is 5.91 Å². The maximum Gasteiger partial charge on any atom is 0.335 e. The van der Waals surface area contributed by atoms with E-state index in [-0.39, 0.29) is 11.5 Å². The number of pyridine rings is 1. The predicted octanol–water partition coefficient (Wildman–Crippen LogP) is 5.63. The molecule has 2 heterocycles. The van der Waals surface area contributed by atoms with E-state index in [1.54, 1.807) is 36.7 Å². The molecule has 0 atom stereocenters. The van der Waals surface area contributed by atoms with Gasteiger partial charge in [-0.05, 0) is 61.2 Å². The molecule has 1 aromatic heterocycles. The molecule has 1 aliphatic heterocycles. The van der Waals surface area contributed by atoms with Crippen molar-refractivity contribution in [2.45, 2.75) is 65.3 Å². The zero-order valence-corrected chi connectivity index (χ0v) is 20.0. The monoisotopic (exact) mass is 451 g/mol. The van der Waals surface area contributed by atoms with Crippen LogP contribution in [0.1, 0.15) is 85.1 Å². The maximum absolute atomic E-state index is 13.5. The van der Waals surface area contributed by atoms with E-state index < -0.39 is 5.97 Å². The Morgan fingerprint density at radius 3 is 2.27 bits per heavy atom. The number of aromatic nitrogens is 1. The highest BCUT2D eigenvalue weighted by atomic mass is 16.4. The molecular formula is C27H37N3O3. The van der Waals surface area contributed by atoms with Gasteiger partial charge >= 0.3 is 5.97 Å². The lowest BCUT2D eigenvalue weighted by Gasteiger charge is -2.31. The topological polar surface area (TPSA) is 73.7 Å². The minimum atomic E-state index is -0.942. The van der Waals surface area contributed by atoms with Crippen molar-refractivity contribution in [3.63, 3.8) is 0 Å². The van der Waals surface area contributed by atoms with Gasteiger partial charge in [0.05, 0.1) is 5.56 Å². The first-order valence-corrected chi connectivity index (χ1v) is 12.3. The molecule has 0 bridgehead atoms. The third kappa shape index (κ3) is 6.87. The average Bonchev–Trinajstić information content (AvgIpc) is 2.83. The summed E-state index contributed by atoms with van der Waals surface area (Å²) in [4.78, 5) is 33.6. The van der Waals surface area contributed by atoms with Crippen LogP contribution in [0.2, 0.25) is 0 Å². The molecule has 3 rings (SSSR count). The largest absolute Gasteiger partial charge is 0.478 e. The molecule has 2 aromatic rings. The maximum atomic E-state index is 13.5. The third-order valence-electron chi connectivity index (χ3n) is 6.71. The molecule has 0 unspecified atom stereocenters. The Bertz CT molecular complexity index is 912. The Labute approximate surface area is 197 Å². The Morgan fingerprint density at radius 2 is 1.61 bits per heavy atom. The number of amides is 1. The molecule has 33 heavy (non-hydrogen) atoms. The zero-order chi connectivity index (χ0) is 23.6. The number of hydrogen-bond donors (Lipinski definition) is 1. The van der Waals surface area contributed by atoms with E-state index in [1.807, 2.05) is 11.0 Å². The van der Waals surface area contributed by atoms with Gasteiger partial charge < -0.3 is 10.0 Å². The van der Waals surface area contributed by atoms with E-state index in [1.165, 1.54) is 12.8 Å². The first-order valence-electron chi connectivity index (χ1n) is 12.3. The molecule has 0 fully saturated rings. The van der Waals surface area contributed by atoms with Gasteiger partial charge in [-0.2, -0.15) is 0 Å². The smallest absolute Gasteiger partial charge is 0.335 e. The third-order valence-corrected chi connectivity index (χ3v) is 6.71. The Hall–Kier alpha value is -2.73. The summed E-state index contributed by atoms with van der Waals surface area (Å²) in [5.41, 5.74) is 2.58. The highest BCUT2D eigenvalue weighted by Crippen LogP contribution is 2.28. The van der Waals surface area contributed by atoms with E-state index in [0.29, 0.717) is 24.6 Å². The number of carbonyl (C=O) groups is 2. The number of rotatable bonds is 6. The van der Waals surface area contributed by atoms with Crippen molar-refractivity contribution >= 4 is 17.6 Å². The lowest BCUT2D eigenvalue weighted by atomic mass is 10.0. The van der Waals surface area contributed by atoms with Gasteiger partial charge in [-0.3, -0.25) is 14.7 Å². The summed E-state index contributed by atoms with van der Waals surface area (Å²) < 4.78 is 0. The van der Waals surface area contributed by atoms with Crippen molar-refractivity contribution in [1.29, 1.82) is 0 Å². The molecule has 1 aromatic carbocycles. The van der Waals surface area contributed by atoms with Gasteiger partial charge in [-0.1, -0.05) is 46.0 Å². The fraction of sp³-hybridized carbons (Fsp3) is 0.519. The molecule has 1 N–H and O–H groups in total. The fourth-order valence-corrected chi connectivity index (χ4v) is 4.61. The van der Waals surface area contributed by atoms with Crippen molar-refractivity contribution in [2.75, 3.05) is 24.5 Å². The van der Waals surface area contributed by atoms with Gasteiger partial charge in [0.1, 0.15) is 0 Å². The summed E-state index contributed by atoms with van der Waals surface area (Å²) in [6, 6.07) is 8.67. The van der Waals surface area contributed by atoms with Crippen LogP contribution < -0.4 is 4.90 Å². The Balaban J connectivity index is 2.02. The zero-order valence-electron chi connectivity index (χ0n) is 20.0. The quantitative estimate of drug-likeness (QED) is 0.616. The average molecular weight is 452 g/mol.